The molecule has 0 spiro atoms. The molecule has 0 N–H and O–H groups in total. The predicted octanol–water partition coefficient (Wildman–Crippen LogP) is 6.44. The fourth-order valence-corrected chi connectivity index (χ4v) is 4.22. The van der Waals surface area contributed by atoms with Crippen LogP contribution in [0.4, 0.5) is 0 Å². The summed E-state index contributed by atoms with van der Waals surface area (Å²) in [5.41, 5.74) is 2.60. The van der Waals surface area contributed by atoms with Crippen molar-refractivity contribution in [3.8, 4) is 11.1 Å². The van der Waals surface area contributed by atoms with E-state index in [2.05, 4.69) is 24.3 Å². The maximum absolute atomic E-state index is 12.2. The van der Waals surface area contributed by atoms with Crippen molar-refractivity contribution in [2.45, 2.75) is 0 Å². The SMILES string of the molecule is O=Cc1c(-c2ccccc2)cc2c3ccccc3c3ccccc3c2c1C=O. The molecule has 5 rings (SSSR count). The maximum atomic E-state index is 12.2. The molecule has 0 aliphatic heterocycles. The summed E-state index contributed by atoms with van der Waals surface area (Å²) in [6.07, 6.45) is 1.62. The van der Waals surface area contributed by atoms with Crippen LogP contribution in [0.15, 0.2) is 84.9 Å². The standard InChI is InChI=1S/C26H16O2/c27-15-24-22(17-8-2-1-3-9-17)14-23-20-12-5-4-10-18(20)19-11-6-7-13-21(19)26(23)25(24)16-28/h1-16H. The van der Waals surface area contributed by atoms with E-state index >= 15 is 0 Å². The Labute approximate surface area is 162 Å². The smallest absolute Gasteiger partial charge is 0.151 e. The van der Waals surface area contributed by atoms with Crippen molar-refractivity contribution >= 4 is 44.9 Å². The molecule has 0 saturated carbocycles. The molecular weight excluding hydrogens is 344 g/mol. The summed E-state index contributed by atoms with van der Waals surface area (Å²) < 4.78 is 0. The van der Waals surface area contributed by atoms with Crippen molar-refractivity contribution in [3.63, 3.8) is 0 Å². The Morgan fingerprint density at radius 1 is 0.500 bits per heavy atom. The highest BCUT2D eigenvalue weighted by atomic mass is 16.1. The summed E-state index contributed by atoms with van der Waals surface area (Å²) in [4.78, 5) is 24.3. The number of carbonyl (C=O) groups is 2. The van der Waals surface area contributed by atoms with E-state index in [1.54, 1.807) is 0 Å². The van der Waals surface area contributed by atoms with Crippen LogP contribution >= 0.6 is 0 Å². The topological polar surface area (TPSA) is 34.1 Å². The van der Waals surface area contributed by atoms with Gasteiger partial charge in [0, 0.05) is 16.5 Å². The van der Waals surface area contributed by atoms with Gasteiger partial charge in [-0.2, -0.15) is 0 Å². The Morgan fingerprint density at radius 3 is 1.61 bits per heavy atom. The van der Waals surface area contributed by atoms with Gasteiger partial charge in [-0.3, -0.25) is 9.59 Å². The zero-order valence-electron chi connectivity index (χ0n) is 15.1. The molecular formula is C26H16O2. The molecule has 0 aromatic heterocycles. The first kappa shape index (κ1) is 16.4. The second kappa shape index (κ2) is 6.43. The van der Waals surface area contributed by atoms with Crippen LogP contribution in [0.3, 0.4) is 0 Å². The maximum Gasteiger partial charge on any atom is 0.151 e. The lowest BCUT2D eigenvalue weighted by atomic mass is 9.86. The van der Waals surface area contributed by atoms with Crippen LogP contribution in [-0.4, -0.2) is 12.6 Å². The van der Waals surface area contributed by atoms with E-state index in [9.17, 15) is 9.59 Å². The molecule has 5 aromatic carbocycles. The highest BCUT2D eigenvalue weighted by Gasteiger charge is 2.18. The van der Waals surface area contributed by atoms with Gasteiger partial charge in [-0.25, -0.2) is 0 Å². The third-order valence-electron chi connectivity index (χ3n) is 5.43. The summed E-state index contributed by atoms with van der Waals surface area (Å²) in [5, 5.41) is 6.11. The highest BCUT2D eigenvalue weighted by Crippen LogP contribution is 2.40. The van der Waals surface area contributed by atoms with Gasteiger partial charge in [-0.1, -0.05) is 78.9 Å². The van der Waals surface area contributed by atoms with E-state index in [4.69, 9.17) is 0 Å². The Morgan fingerprint density at radius 2 is 1.00 bits per heavy atom. The second-order valence-electron chi connectivity index (χ2n) is 6.87. The predicted molar refractivity (Wildman–Crippen MR) is 115 cm³/mol. The van der Waals surface area contributed by atoms with Gasteiger partial charge < -0.3 is 0 Å². The Hall–Kier alpha value is -3.78. The molecule has 0 unspecified atom stereocenters. The number of rotatable bonds is 3. The van der Waals surface area contributed by atoms with Gasteiger partial charge in [-0.05, 0) is 44.1 Å². The quantitative estimate of drug-likeness (QED) is 0.274. The third-order valence-corrected chi connectivity index (χ3v) is 5.43. The van der Waals surface area contributed by atoms with E-state index in [0.29, 0.717) is 11.1 Å². The van der Waals surface area contributed by atoms with E-state index in [0.717, 1.165) is 56.0 Å². The van der Waals surface area contributed by atoms with Crippen LogP contribution in [0.5, 0.6) is 0 Å². The van der Waals surface area contributed by atoms with Crippen LogP contribution in [0, 0.1) is 0 Å². The molecule has 0 amide bonds. The Balaban J connectivity index is 2.10. The zero-order chi connectivity index (χ0) is 19.1. The van der Waals surface area contributed by atoms with Gasteiger partial charge in [0.2, 0.25) is 0 Å². The van der Waals surface area contributed by atoms with Crippen LogP contribution in [0.25, 0.3) is 43.4 Å². The molecule has 0 bridgehead atoms. The molecule has 0 heterocycles. The average Bonchev–Trinajstić information content (AvgIpc) is 2.78. The Kier molecular flexibility index (Phi) is 3.77. The van der Waals surface area contributed by atoms with E-state index in [-0.39, 0.29) is 0 Å². The van der Waals surface area contributed by atoms with Crippen LogP contribution in [0.1, 0.15) is 20.7 Å². The van der Waals surface area contributed by atoms with Gasteiger partial charge in [0.25, 0.3) is 0 Å². The summed E-state index contributed by atoms with van der Waals surface area (Å²) in [7, 11) is 0. The monoisotopic (exact) mass is 360 g/mol. The largest absolute Gasteiger partial charge is 0.298 e. The molecule has 0 atom stereocenters. The fourth-order valence-electron chi connectivity index (χ4n) is 4.22. The van der Waals surface area contributed by atoms with E-state index in [1.807, 2.05) is 60.7 Å². The van der Waals surface area contributed by atoms with Crippen LogP contribution in [-0.2, 0) is 0 Å². The first-order chi connectivity index (χ1) is 13.8. The third kappa shape index (κ3) is 2.28. The van der Waals surface area contributed by atoms with Crippen molar-refractivity contribution in [1.82, 2.24) is 0 Å². The van der Waals surface area contributed by atoms with Gasteiger partial charge in [0.05, 0.1) is 0 Å². The first-order valence-electron chi connectivity index (χ1n) is 9.19. The van der Waals surface area contributed by atoms with Crippen molar-refractivity contribution in [1.29, 1.82) is 0 Å². The number of fused-ring (bicyclic) bond motifs is 6. The van der Waals surface area contributed by atoms with Crippen molar-refractivity contribution in [2.75, 3.05) is 0 Å². The fraction of sp³-hybridized carbons (Fsp3) is 0. The van der Waals surface area contributed by atoms with Gasteiger partial charge in [-0.15, -0.1) is 0 Å². The zero-order valence-corrected chi connectivity index (χ0v) is 15.1. The van der Waals surface area contributed by atoms with E-state index < -0.39 is 0 Å². The molecule has 5 aromatic rings. The molecule has 132 valence electrons. The van der Waals surface area contributed by atoms with E-state index in [1.165, 1.54) is 0 Å². The molecule has 0 aliphatic rings. The lowest BCUT2D eigenvalue weighted by molar-refractivity contribution is 0.109. The summed E-state index contributed by atoms with van der Waals surface area (Å²) in [5.74, 6) is 0. The summed E-state index contributed by atoms with van der Waals surface area (Å²) >= 11 is 0. The number of carbonyl (C=O) groups excluding carboxylic acids is 2. The lowest BCUT2D eigenvalue weighted by Crippen LogP contribution is -1.98. The molecule has 2 nitrogen and oxygen atoms in total. The van der Waals surface area contributed by atoms with Gasteiger partial charge in [0.15, 0.2) is 12.6 Å². The molecule has 2 heteroatoms. The van der Waals surface area contributed by atoms with Crippen molar-refractivity contribution < 1.29 is 9.59 Å². The van der Waals surface area contributed by atoms with Crippen LogP contribution in [0.2, 0.25) is 0 Å². The lowest BCUT2D eigenvalue weighted by Gasteiger charge is -2.16. The number of hydrogen-bond donors (Lipinski definition) is 0. The minimum absolute atomic E-state index is 0.439. The summed E-state index contributed by atoms with van der Waals surface area (Å²) in [6, 6.07) is 28.1. The normalized spacial score (nSPS) is 11.1. The molecule has 0 saturated heterocycles. The minimum atomic E-state index is 0.439. The minimum Gasteiger partial charge on any atom is -0.298 e. The van der Waals surface area contributed by atoms with Crippen LogP contribution < -0.4 is 0 Å². The number of benzene rings is 5. The molecule has 0 fully saturated rings. The van der Waals surface area contributed by atoms with Gasteiger partial charge >= 0.3 is 0 Å². The van der Waals surface area contributed by atoms with Crippen molar-refractivity contribution in [2.24, 2.45) is 0 Å². The average molecular weight is 360 g/mol. The molecule has 28 heavy (non-hydrogen) atoms. The van der Waals surface area contributed by atoms with Crippen molar-refractivity contribution in [3.05, 3.63) is 96.1 Å². The summed E-state index contributed by atoms with van der Waals surface area (Å²) in [6.45, 7) is 0. The number of aldehydes is 2. The molecule has 0 radical (unpaired) electrons. The highest BCUT2D eigenvalue weighted by molar-refractivity contribution is 6.30. The Bertz CT molecular complexity index is 1380. The number of hydrogen-bond acceptors (Lipinski definition) is 2. The second-order valence-corrected chi connectivity index (χ2v) is 6.87. The first-order valence-corrected chi connectivity index (χ1v) is 9.19. The molecule has 0 aliphatic carbocycles. The van der Waals surface area contributed by atoms with Gasteiger partial charge in [0.1, 0.15) is 0 Å².